The van der Waals surface area contributed by atoms with Crippen molar-refractivity contribution in [2.24, 2.45) is 0 Å². The molecular formula is C15H15BrINO. The highest BCUT2D eigenvalue weighted by atomic mass is 127. The predicted molar refractivity (Wildman–Crippen MR) is 91.9 cm³/mol. The third-order valence-electron chi connectivity index (χ3n) is 2.88. The minimum Gasteiger partial charge on any atom is -0.496 e. The number of methoxy groups -OCH3 is 1. The molecule has 0 aliphatic carbocycles. The average Bonchev–Trinajstić information content (AvgIpc) is 2.38. The highest BCUT2D eigenvalue weighted by Gasteiger charge is 2.08. The molecule has 0 bridgehead atoms. The zero-order valence-electron chi connectivity index (χ0n) is 10.8. The van der Waals surface area contributed by atoms with Crippen LogP contribution in [0, 0.1) is 3.57 Å². The summed E-state index contributed by atoms with van der Waals surface area (Å²) in [6, 6.07) is 14.7. The van der Waals surface area contributed by atoms with Gasteiger partial charge in [-0.05, 0) is 81.3 Å². The average molecular weight is 432 g/mol. The second-order valence-corrected chi connectivity index (χ2v) is 6.37. The fourth-order valence-corrected chi connectivity index (χ4v) is 2.97. The molecule has 0 aliphatic heterocycles. The van der Waals surface area contributed by atoms with Crippen LogP contribution in [0.1, 0.15) is 18.5 Å². The number of hydrogen-bond acceptors (Lipinski definition) is 2. The molecule has 0 fully saturated rings. The number of rotatable bonds is 4. The monoisotopic (exact) mass is 431 g/mol. The van der Waals surface area contributed by atoms with E-state index in [4.69, 9.17) is 4.74 Å². The van der Waals surface area contributed by atoms with Gasteiger partial charge in [0.2, 0.25) is 0 Å². The lowest BCUT2D eigenvalue weighted by molar-refractivity contribution is 0.412. The third kappa shape index (κ3) is 3.86. The van der Waals surface area contributed by atoms with Crippen molar-refractivity contribution in [3.63, 3.8) is 0 Å². The Morgan fingerprint density at radius 1 is 1.21 bits per heavy atom. The van der Waals surface area contributed by atoms with Crippen molar-refractivity contribution < 1.29 is 4.74 Å². The van der Waals surface area contributed by atoms with Crippen LogP contribution in [0.4, 0.5) is 5.69 Å². The van der Waals surface area contributed by atoms with Crippen molar-refractivity contribution >= 4 is 44.2 Å². The van der Waals surface area contributed by atoms with Crippen LogP contribution in [-0.4, -0.2) is 7.11 Å². The molecule has 19 heavy (non-hydrogen) atoms. The molecule has 0 heterocycles. The summed E-state index contributed by atoms with van der Waals surface area (Å²) >= 11 is 5.84. The van der Waals surface area contributed by atoms with Crippen molar-refractivity contribution in [2.45, 2.75) is 13.0 Å². The lowest BCUT2D eigenvalue weighted by Crippen LogP contribution is -2.06. The molecule has 0 saturated carbocycles. The fourth-order valence-electron chi connectivity index (χ4n) is 1.86. The standard InChI is InChI=1S/C15H15BrINO/c1-10(18-13-5-3-4-12(17)9-13)11-6-7-15(19-2)14(16)8-11/h3-10,18H,1-2H3. The maximum atomic E-state index is 5.25. The Morgan fingerprint density at radius 2 is 2.00 bits per heavy atom. The largest absolute Gasteiger partial charge is 0.496 e. The van der Waals surface area contributed by atoms with Crippen molar-refractivity contribution in [3.05, 3.63) is 56.1 Å². The Bertz CT molecular complexity index is 574. The zero-order valence-corrected chi connectivity index (χ0v) is 14.5. The zero-order chi connectivity index (χ0) is 13.8. The maximum Gasteiger partial charge on any atom is 0.133 e. The predicted octanol–water partition coefficient (Wildman–Crippen LogP) is 5.24. The molecule has 100 valence electrons. The van der Waals surface area contributed by atoms with Gasteiger partial charge in [0.15, 0.2) is 0 Å². The van der Waals surface area contributed by atoms with Gasteiger partial charge < -0.3 is 10.1 Å². The quantitative estimate of drug-likeness (QED) is 0.668. The van der Waals surface area contributed by atoms with E-state index in [1.807, 2.05) is 6.07 Å². The van der Waals surface area contributed by atoms with Gasteiger partial charge in [0.05, 0.1) is 11.6 Å². The first-order valence-electron chi connectivity index (χ1n) is 5.95. The highest BCUT2D eigenvalue weighted by Crippen LogP contribution is 2.29. The Morgan fingerprint density at radius 3 is 2.63 bits per heavy atom. The van der Waals surface area contributed by atoms with E-state index in [-0.39, 0.29) is 6.04 Å². The summed E-state index contributed by atoms with van der Waals surface area (Å²) in [4.78, 5) is 0. The van der Waals surface area contributed by atoms with Gasteiger partial charge in [-0.25, -0.2) is 0 Å². The number of hydrogen-bond donors (Lipinski definition) is 1. The molecule has 0 spiro atoms. The number of anilines is 1. The molecule has 0 aromatic heterocycles. The van der Waals surface area contributed by atoms with E-state index >= 15 is 0 Å². The summed E-state index contributed by atoms with van der Waals surface area (Å²) in [7, 11) is 1.67. The highest BCUT2D eigenvalue weighted by molar-refractivity contribution is 14.1. The van der Waals surface area contributed by atoms with Crippen LogP contribution in [0.5, 0.6) is 5.75 Å². The summed E-state index contributed by atoms with van der Waals surface area (Å²) in [5.74, 6) is 0.852. The van der Waals surface area contributed by atoms with Gasteiger partial charge in [0, 0.05) is 15.3 Å². The van der Waals surface area contributed by atoms with Crippen LogP contribution in [0.25, 0.3) is 0 Å². The smallest absolute Gasteiger partial charge is 0.133 e. The summed E-state index contributed by atoms with van der Waals surface area (Å²) in [6.45, 7) is 2.15. The minimum atomic E-state index is 0.236. The van der Waals surface area contributed by atoms with Crippen molar-refractivity contribution in [2.75, 3.05) is 12.4 Å². The SMILES string of the molecule is COc1ccc(C(C)Nc2cccc(I)c2)cc1Br. The lowest BCUT2D eigenvalue weighted by Gasteiger charge is -2.17. The van der Waals surface area contributed by atoms with Gasteiger partial charge in [-0.3, -0.25) is 0 Å². The van der Waals surface area contributed by atoms with E-state index in [0.29, 0.717) is 0 Å². The summed E-state index contributed by atoms with van der Waals surface area (Å²) in [5, 5.41) is 3.50. The molecule has 0 amide bonds. The van der Waals surface area contributed by atoms with Gasteiger partial charge in [0.25, 0.3) is 0 Å². The van der Waals surface area contributed by atoms with E-state index in [1.165, 1.54) is 9.13 Å². The van der Waals surface area contributed by atoms with Crippen LogP contribution < -0.4 is 10.1 Å². The molecule has 1 atom stereocenters. The topological polar surface area (TPSA) is 21.3 Å². The number of halogens is 2. The van der Waals surface area contributed by atoms with Gasteiger partial charge in [-0.1, -0.05) is 12.1 Å². The van der Waals surface area contributed by atoms with E-state index in [1.54, 1.807) is 7.11 Å². The molecule has 2 aromatic carbocycles. The van der Waals surface area contributed by atoms with Crippen LogP contribution in [0.3, 0.4) is 0 Å². The molecule has 4 heteroatoms. The first-order valence-corrected chi connectivity index (χ1v) is 7.83. The first kappa shape index (κ1) is 14.7. The van der Waals surface area contributed by atoms with Crippen molar-refractivity contribution in [3.8, 4) is 5.75 Å². The van der Waals surface area contributed by atoms with Crippen LogP contribution >= 0.6 is 38.5 Å². The molecule has 2 rings (SSSR count). The van der Waals surface area contributed by atoms with Crippen LogP contribution in [-0.2, 0) is 0 Å². The van der Waals surface area contributed by atoms with E-state index in [0.717, 1.165) is 15.9 Å². The molecule has 0 saturated heterocycles. The van der Waals surface area contributed by atoms with Gasteiger partial charge in [-0.2, -0.15) is 0 Å². The second-order valence-electron chi connectivity index (χ2n) is 4.27. The Kier molecular flexibility index (Phi) is 5.10. The fraction of sp³-hybridized carbons (Fsp3) is 0.200. The number of benzene rings is 2. The van der Waals surface area contributed by atoms with Gasteiger partial charge in [0.1, 0.15) is 5.75 Å². The van der Waals surface area contributed by atoms with Crippen LogP contribution in [0.2, 0.25) is 0 Å². The maximum absolute atomic E-state index is 5.25. The van der Waals surface area contributed by atoms with E-state index < -0.39 is 0 Å². The normalized spacial score (nSPS) is 12.0. The summed E-state index contributed by atoms with van der Waals surface area (Å²) in [6.07, 6.45) is 0. The van der Waals surface area contributed by atoms with Gasteiger partial charge >= 0.3 is 0 Å². The second kappa shape index (κ2) is 6.61. The van der Waals surface area contributed by atoms with Crippen molar-refractivity contribution in [1.29, 1.82) is 0 Å². The molecule has 0 aliphatic rings. The minimum absolute atomic E-state index is 0.236. The molecule has 1 N–H and O–H groups in total. The molecule has 1 unspecified atom stereocenters. The van der Waals surface area contributed by atoms with E-state index in [9.17, 15) is 0 Å². The Balaban J connectivity index is 2.15. The Labute approximate surface area is 135 Å². The molecule has 2 aromatic rings. The number of nitrogens with one attached hydrogen (secondary N) is 1. The van der Waals surface area contributed by atoms with Gasteiger partial charge in [-0.15, -0.1) is 0 Å². The summed E-state index contributed by atoms with van der Waals surface area (Å²) in [5.41, 5.74) is 2.35. The molecular weight excluding hydrogens is 417 g/mol. The Hall–Kier alpha value is -0.750. The summed E-state index contributed by atoms with van der Waals surface area (Å²) < 4.78 is 7.45. The lowest BCUT2D eigenvalue weighted by atomic mass is 10.1. The first-order chi connectivity index (χ1) is 9.10. The van der Waals surface area contributed by atoms with E-state index in [2.05, 4.69) is 87.2 Å². The van der Waals surface area contributed by atoms with Crippen molar-refractivity contribution in [1.82, 2.24) is 0 Å². The molecule has 0 radical (unpaired) electrons. The molecule has 2 nitrogen and oxygen atoms in total. The third-order valence-corrected chi connectivity index (χ3v) is 4.17. The van der Waals surface area contributed by atoms with Crippen LogP contribution in [0.15, 0.2) is 46.9 Å². The number of ether oxygens (including phenoxy) is 1.